The fourth-order valence-corrected chi connectivity index (χ4v) is 4.64. The molecule has 1 heterocycles. The molecule has 8 heteroatoms. The van der Waals surface area contributed by atoms with Crippen molar-refractivity contribution in [3.8, 4) is 11.5 Å². The summed E-state index contributed by atoms with van der Waals surface area (Å²) in [6.45, 7) is 5.75. The Balaban J connectivity index is 1.95. The Bertz CT molecular complexity index is 1350. The van der Waals surface area contributed by atoms with Gasteiger partial charge in [0, 0.05) is 30.5 Å². The first-order valence-electron chi connectivity index (χ1n) is 12.0. The lowest BCUT2D eigenvalue weighted by Crippen LogP contribution is -2.29. The minimum absolute atomic E-state index is 0.0177. The van der Waals surface area contributed by atoms with Crippen molar-refractivity contribution in [3.63, 3.8) is 0 Å². The second-order valence-corrected chi connectivity index (χ2v) is 8.48. The molecule has 0 aromatic heterocycles. The molecular weight excluding hydrogens is 475 g/mol. The van der Waals surface area contributed by atoms with E-state index in [2.05, 4.69) is 18.7 Å². The largest absolute Gasteiger partial charge is 0.507 e. The maximum absolute atomic E-state index is 14.2. The molecule has 0 bridgehead atoms. The highest BCUT2D eigenvalue weighted by Gasteiger charge is 2.47. The molecule has 1 atom stereocenters. The van der Waals surface area contributed by atoms with Gasteiger partial charge < -0.3 is 19.5 Å². The van der Waals surface area contributed by atoms with Crippen LogP contribution in [0.4, 0.5) is 15.8 Å². The van der Waals surface area contributed by atoms with E-state index in [1.54, 1.807) is 24.3 Å². The van der Waals surface area contributed by atoms with Gasteiger partial charge in [-0.15, -0.1) is 0 Å². The number of anilines is 2. The Kier molecular flexibility index (Phi) is 7.47. The van der Waals surface area contributed by atoms with Crippen LogP contribution in [0.15, 0.2) is 72.3 Å². The normalized spacial score (nSPS) is 16.7. The number of halogens is 1. The van der Waals surface area contributed by atoms with Crippen LogP contribution in [0, 0.1) is 5.82 Å². The summed E-state index contributed by atoms with van der Waals surface area (Å²) in [7, 11) is 2.88. The highest BCUT2D eigenvalue weighted by atomic mass is 19.1. The number of methoxy groups -OCH3 is 2. The number of aliphatic hydroxyl groups is 1. The molecule has 0 saturated carbocycles. The number of hydrogen-bond donors (Lipinski definition) is 1. The molecule has 1 amide bonds. The topological polar surface area (TPSA) is 79.3 Å². The number of Topliss-reactive ketones (excluding diaryl/α,β-unsaturated/α-hetero) is 1. The van der Waals surface area contributed by atoms with E-state index in [-0.39, 0.29) is 16.9 Å². The summed E-state index contributed by atoms with van der Waals surface area (Å²) < 4.78 is 24.8. The molecule has 0 aliphatic carbocycles. The molecule has 1 aliphatic rings. The van der Waals surface area contributed by atoms with Crippen molar-refractivity contribution in [1.82, 2.24) is 0 Å². The molecule has 4 rings (SSSR count). The third-order valence-corrected chi connectivity index (χ3v) is 6.53. The first kappa shape index (κ1) is 25.8. The summed E-state index contributed by atoms with van der Waals surface area (Å²) in [5.41, 5.74) is 1.83. The molecule has 3 aromatic carbocycles. The summed E-state index contributed by atoms with van der Waals surface area (Å²) in [4.78, 5) is 30.3. The van der Waals surface area contributed by atoms with Crippen molar-refractivity contribution >= 4 is 28.8 Å². The predicted octanol–water partition coefficient (Wildman–Crippen LogP) is 5.32. The lowest BCUT2D eigenvalue weighted by molar-refractivity contribution is -0.132. The van der Waals surface area contributed by atoms with E-state index in [0.29, 0.717) is 17.0 Å². The SMILES string of the molecule is CCN(CC)c1ccc(C2/C(=C(\O)c3cc(F)ccc3OC)C(=O)C(=O)N2c2cccc(OC)c2)cc1. The summed E-state index contributed by atoms with van der Waals surface area (Å²) in [6.07, 6.45) is 0. The molecular formula is C29H29FN2O5. The molecule has 1 saturated heterocycles. The second kappa shape index (κ2) is 10.7. The molecule has 1 N–H and O–H groups in total. The minimum Gasteiger partial charge on any atom is -0.507 e. The van der Waals surface area contributed by atoms with Crippen LogP contribution in [-0.4, -0.2) is 44.1 Å². The standard InChI is InChI=1S/C29H29FN2O5/c1-5-31(6-2)20-13-10-18(11-14-20)26-25(27(33)23-16-19(30)12-15-24(23)37-4)28(34)29(35)32(26)21-8-7-9-22(17-21)36-3/h7-17,26,33H,5-6H2,1-4H3/b27-25+. The quantitative estimate of drug-likeness (QED) is 0.254. The van der Waals surface area contributed by atoms with Crippen LogP contribution in [0.25, 0.3) is 5.76 Å². The smallest absolute Gasteiger partial charge is 0.300 e. The lowest BCUT2D eigenvalue weighted by atomic mass is 9.94. The number of carbonyl (C=O) groups excluding carboxylic acids is 2. The Labute approximate surface area is 215 Å². The van der Waals surface area contributed by atoms with Crippen LogP contribution in [0.2, 0.25) is 0 Å². The number of benzene rings is 3. The number of carbonyl (C=O) groups is 2. The maximum atomic E-state index is 14.2. The molecule has 0 radical (unpaired) electrons. The van der Waals surface area contributed by atoms with E-state index >= 15 is 0 Å². The molecule has 3 aromatic rings. The van der Waals surface area contributed by atoms with Gasteiger partial charge in [-0.3, -0.25) is 14.5 Å². The molecule has 1 aliphatic heterocycles. The van der Waals surface area contributed by atoms with Crippen LogP contribution in [0.1, 0.15) is 31.0 Å². The zero-order valence-corrected chi connectivity index (χ0v) is 21.2. The van der Waals surface area contributed by atoms with Gasteiger partial charge in [-0.1, -0.05) is 18.2 Å². The van der Waals surface area contributed by atoms with Gasteiger partial charge >= 0.3 is 0 Å². The van der Waals surface area contributed by atoms with Crippen molar-refractivity contribution in [3.05, 3.63) is 89.2 Å². The zero-order chi connectivity index (χ0) is 26.7. The van der Waals surface area contributed by atoms with Crippen LogP contribution >= 0.6 is 0 Å². The van der Waals surface area contributed by atoms with E-state index < -0.39 is 29.3 Å². The first-order valence-corrected chi connectivity index (χ1v) is 12.0. The predicted molar refractivity (Wildman–Crippen MR) is 141 cm³/mol. The zero-order valence-electron chi connectivity index (χ0n) is 21.2. The number of nitrogens with zero attached hydrogens (tertiary/aromatic N) is 2. The van der Waals surface area contributed by atoms with Crippen LogP contribution in [0.3, 0.4) is 0 Å². The van der Waals surface area contributed by atoms with Gasteiger partial charge in [-0.2, -0.15) is 0 Å². The highest BCUT2D eigenvalue weighted by Crippen LogP contribution is 2.44. The Morgan fingerprint density at radius 3 is 2.30 bits per heavy atom. The average molecular weight is 505 g/mol. The fourth-order valence-electron chi connectivity index (χ4n) is 4.64. The van der Waals surface area contributed by atoms with Crippen molar-refractivity contribution in [2.75, 3.05) is 37.1 Å². The van der Waals surface area contributed by atoms with Crippen LogP contribution in [-0.2, 0) is 9.59 Å². The van der Waals surface area contributed by atoms with E-state index in [1.807, 2.05) is 24.3 Å². The number of ether oxygens (including phenoxy) is 2. The second-order valence-electron chi connectivity index (χ2n) is 8.48. The minimum atomic E-state index is -0.967. The molecule has 7 nitrogen and oxygen atoms in total. The monoisotopic (exact) mass is 504 g/mol. The number of ketones is 1. The van der Waals surface area contributed by atoms with Crippen molar-refractivity contribution in [2.45, 2.75) is 19.9 Å². The van der Waals surface area contributed by atoms with E-state index in [9.17, 15) is 19.1 Å². The van der Waals surface area contributed by atoms with Gasteiger partial charge in [0.2, 0.25) is 0 Å². The number of amides is 1. The number of hydrogen-bond acceptors (Lipinski definition) is 6. The van der Waals surface area contributed by atoms with Gasteiger partial charge in [-0.05, 0) is 61.9 Å². The Morgan fingerprint density at radius 2 is 1.68 bits per heavy atom. The first-order chi connectivity index (χ1) is 17.8. The average Bonchev–Trinajstić information content (AvgIpc) is 3.19. The van der Waals surface area contributed by atoms with Crippen molar-refractivity contribution < 1.29 is 28.6 Å². The van der Waals surface area contributed by atoms with Gasteiger partial charge in [0.1, 0.15) is 23.1 Å². The van der Waals surface area contributed by atoms with E-state index in [0.717, 1.165) is 24.8 Å². The lowest BCUT2D eigenvalue weighted by Gasteiger charge is -2.27. The number of rotatable bonds is 8. The van der Waals surface area contributed by atoms with Crippen LogP contribution < -0.4 is 19.3 Å². The van der Waals surface area contributed by atoms with Gasteiger partial charge in [0.15, 0.2) is 0 Å². The molecule has 1 unspecified atom stereocenters. The van der Waals surface area contributed by atoms with Crippen molar-refractivity contribution in [1.29, 1.82) is 0 Å². The summed E-state index contributed by atoms with van der Waals surface area (Å²) in [5, 5.41) is 11.4. The maximum Gasteiger partial charge on any atom is 0.300 e. The molecule has 1 fully saturated rings. The van der Waals surface area contributed by atoms with Crippen molar-refractivity contribution in [2.24, 2.45) is 0 Å². The highest BCUT2D eigenvalue weighted by molar-refractivity contribution is 6.51. The van der Waals surface area contributed by atoms with E-state index in [4.69, 9.17) is 9.47 Å². The Hall–Kier alpha value is -4.33. The number of aliphatic hydroxyl groups excluding tert-OH is 1. The fraction of sp³-hybridized carbons (Fsp3) is 0.241. The van der Waals surface area contributed by atoms with E-state index in [1.165, 1.54) is 31.3 Å². The van der Waals surface area contributed by atoms with Gasteiger partial charge in [0.25, 0.3) is 11.7 Å². The van der Waals surface area contributed by atoms with Gasteiger partial charge in [-0.25, -0.2) is 4.39 Å². The summed E-state index contributed by atoms with van der Waals surface area (Å²) in [5.74, 6) is -2.17. The summed E-state index contributed by atoms with van der Waals surface area (Å²) in [6, 6.07) is 16.9. The third kappa shape index (κ3) is 4.74. The van der Waals surface area contributed by atoms with Gasteiger partial charge in [0.05, 0.1) is 31.4 Å². The molecule has 192 valence electrons. The van der Waals surface area contributed by atoms with Crippen LogP contribution in [0.5, 0.6) is 11.5 Å². The summed E-state index contributed by atoms with van der Waals surface area (Å²) >= 11 is 0. The Morgan fingerprint density at radius 1 is 0.973 bits per heavy atom. The molecule has 37 heavy (non-hydrogen) atoms. The molecule has 0 spiro atoms. The third-order valence-electron chi connectivity index (χ3n) is 6.53.